The van der Waals surface area contributed by atoms with Crippen molar-refractivity contribution in [1.82, 2.24) is 9.80 Å². The number of nitrogens with zero attached hydrogens (tertiary/aromatic N) is 2. The molecule has 1 unspecified atom stereocenters. The van der Waals surface area contributed by atoms with Gasteiger partial charge in [-0.1, -0.05) is 12.2 Å². The number of likely N-dealkylation sites (tertiary alicyclic amines) is 2. The molecule has 0 bridgehead atoms. The zero-order chi connectivity index (χ0) is 14.9. The normalized spacial score (nSPS) is 29.7. The van der Waals surface area contributed by atoms with Crippen LogP contribution in [-0.4, -0.2) is 66.1 Å². The SMILES string of the molecule is NC(=S)C1(C(=O)N2CCC(N3CCCC3)C2)CCOCC1. The molecule has 0 aromatic carbocycles. The summed E-state index contributed by atoms with van der Waals surface area (Å²) in [7, 11) is 0. The van der Waals surface area contributed by atoms with Crippen molar-refractivity contribution in [3.8, 4) is 0 Å². The van der Waals surface area contributed by atoms with Gasteiger partial charge in [0.15, 0.2) is 0 Å². The van der Waals surface area contributed by atoms with E-state index in [-0.39, 0.29) is 5.91 Å². The Morgan fingerprint density at radius 1 is 1.19 bits per heavy atom. The molecular formula is C15H25N3O2S. The molecule has 0 spiro atoms. The van der Waals surface area contributed by atoms with Crippen molar-refractivity contribution in [2.45, 2.75) is 38.1 Å². The Hall–Kier alpha value is -0.720. The molecule has 3 aliphatic heterocycles. The van der Waals surface area contributed by atoms with Gasteiger partial charge in [-0.2, -0.15) is 0 Å². The average Bonchev–Trinajstić information content (AvgIpc) is 3.17. The third-order valence-corrected chi connectivity index (χ3v) is 5.73. The van der Waals surface area contributed by atoms with Gasteiger partial charge in [0, 0.05) is 32.3 Å². The van der Waals surface area contributed by atoms with Crippen LogP contribution in [0.4, 0.5) is 0 Å². The summed E-state index contributed by atoms with van der Waals surface area (Å²) in [6.45, 7) is 5.19. The predicted octanol–water partition coefficient (Wildman–Crippen LogP) is 0.766. The van der Waals surface area contributed by atoms with E-state index in [0.717, 1.165) is 19.5 Å². The molecule has 118 valence electrons. The van der Waals surface area contributed by atoms with Crippen LogP contribution in [0.3, 0.4) is 0 Å². The molecule has 0 saturated carbocycles. The molecule has 3 heterocycles. The maximum absolute atomic E-state index is 13.0. The van der Waals surface area contributed by atoms with E-state index in [1.165, 1.54) is 25.9 Å². The van der Waals surface area contributed by atoms with Crippen LogP contribution in [0.1, 0.15) is 32.1 Å². The van der Waals surface area contributed by atoms with Gasteiger partial charge in [0.1, 0.15) is 5.41 Å². The van der Waals surface area contributed by atoms with E-state index >= 15 is 0 Å². The van der Waals surface area contributed by atoms with Crippen molar-refractivity contribution >= 4 is 23.1 Å². The second-order valence-corrected chi connectivity index (χ2v) is 6.94. The molecule has 3 fully saturated rings. The fraction of sp³-hybridized carbons (Fsp3) is 0.867. The van der Waals surface area contributed by atoms with Gasteiger partial charge in [-0.25, -0.2) is 0 Å². The van der Waals surface area contributed by atoms with Crippen LogP contribution in [0, 0.1) is 5.41 Å². The van der Waals surface area contributed by atoms with Gasteiger partial charge in [0.25, 0.3) is 0 Å². The summed E-state index contributed by atoms with van der Waals surface area (Å²) in [5.41, 5.74) is 5.29. The molecule has 5 nitrogen and oxygen atoms in total. The maximum Gasteiger partial charge on any atom is 0.235 e. The van der Waals surface area contributed by atoms with Gasteiger partial charge < -0.3 is 15.4 Å². The van der Waals surface area contributed by atoms with Gasteiger partial charge in [-0.05, 0) is 45.2 Å². The highest BCUT2D eigenvalue weighted by Gasteiger charge is 2.47. The molecule has 1 atom stereocenters. The Balaban J connectivity index is 1.68. The number of amides is 1. The van der Waals surface area contributed by atoms with Crippen LogP contribution in [0.25, 0.3) is 0 Å². The summed E-state index contributed by atoms with van der Waals surface area (Å²) < 4.78 is 5.40. The van der Waals surface area contributed by atoms with Crippen LogP contribution in [-0.2, 0) is 9.53 Å². The van der Waals surface area contributed by atoms with Gasteiger partial charge in [-0.3, -0.25) is 9.69 Å². The molecular weight excluding hydrogens is 286 g/mol. The lowest BCUT2D eigenvalue weighted by Crippen LogP contribution is -2.53. The number of hydrogen-bond acceptors (Lipinski definition) is 4. The molecule has 3 rings (SSSR count). The first-order chi connectivity index (χ1) is 10.1. The van der Waals surface area contributed by atoms with E-state index in [2.05, 4.69) is 4.90 Å². The number of hydrogen-bond donors (Lipinski definition) is 1. The maximum atomic E-state index is 13.0. The lowest BCUT2D eigenvalue weighted by Gasteiger charge is -2.37. The van der Waals surface area contributed by atoms with Crippen LogP contribution < -0.4 is 5.73 Å². The lowest BCUT2D eigenvalue weighted by molar-refractivity contribution is -0.141. The van der Waals surface area contributed by atoms with E-state index in [9.17, 15) is 4.79 Å². The van der Waals surface area contributed by atoms with E-state index < -0.39 is 5.41 Å². The summed E-state index contributed by atoms with van der Waals surface area (Å²) in [5.74, 6) is 0.139. The fourth-order valence-electron chi connectivity index (χ4n) is 3.92. The van der Waals surface area contributed by atoms with Crippen molar-refractivity contribution in [1.29, 1.82) is 0 Å². The van der Waals surface area contributed by atoms with E-state index in [0.29, 0.717) is 37.1 Å². The minimum Gasteiger partial charge on any atom is -0.392 e. The summed E-state index contributed by atoms with van der Waals surface area (Å²) >= 11 is 5.24. The number of ether oxygens (including phenoxy) is 1. The number of nitrogens with two attached hydrogens (primary N) is 1. The Labute approximate surface area is 131 Å². The Bertz CT molecular complexity index is 417. The van der Waals surface area contributed by atoms with Crippen LogP contribution >= 0.6 is 12.2 Å². The summed E-state index contributed by atoms with van der Waals surface area (Å²) in [4.78, 5) is 17.9. The Kier molecular flexibility index (Phi) is 4.47. The van der Waals surface area contributed by atoms with Crippen molar-refractivity contribution in [3.63, 3.8) is 0 Å². The first kappa shape index (κ1) is 15.2. The van der Waals surface area contributed by atoms with Crippen molar-refractivity contribution in [2.24, 2.45) is 11.1 Å². The number of carbonyl (C=O) groups is 1. The molecule has 0 aliphatic carbocycles. The molecule has 3 saturated heterocycles. The number of rotatable bonds is 3. The van der Waals surface area contributed by atoms with Crippen LogP contribution in [0.15, 0.2) is 0 Å². The van der Waals surface area contributed by atoms with E-state index in [4.69, 9.17) is 22.7 Å². The van der Waals surface area contributed by atoms with Gasteiger partial charge in [-0.15, -0.1) is 0 Å². The smallest absolute Gasteiger partial charge is 0.235 e. The third kappa shape index (κ3) is 2.81. The Morgan fingerprint density at radius 2 is 1.86 bits per heavy atom. The van der Waals surface area contributed by atoms with Gasteiger partial charge >= 0.3 is 0 Å². The quantitative estimate of drug-likeness (QED) is 0.780. The van der Waals surface area contributed by atoms with Crippen LogP contribution in [0.5, 0.6) is 0 Å². The highest BCUT2D eigenvalue weighted by atomic mass is 32.1. The molecule has 1 amide bonds. The first-order valence-corrected chi connectivity index (χ1v) is 8.45. The molecule has 21 heavy (non-hydrogen) atoms. The molecule has 0 radical (unpaired) electrons. The second kappa shape index (κ2) is 6.18. The van der Waals surface area contributed by atoms with Crippen molar-refractivity contribution < 1.29 is 9.53 Å². The second-order valence-electron chi connectivity index (χ2n) is 6.50. The topological polar surface area (TPSA) is 58.8 Å². The summed E-state index contributed by atoms with van der Waals surface area (Å²) in [6, 6.07) is 0.527. The molecule has 0 aromatic rings. The molecule has 3 aliphatic rings. The minimum absolute atomic E-state index is 0.139. The standard InChI is InChI=1S/C15H25N3O2S/c16-13(21)15(4-9-20-10-5-15)14(19)18-8-3-12(11-18)17-6-1-2-7-17/h12H,1-11H2,(H2,16,21). The molecule has 0 aromatic heterocycles. The van der Waals surface area contributed by atoms with Gasteiger partial charge in [0.2, 0.25) is 5.91 Å². The first-order valence-electron chi connectivity index (χ1n) is 8.04. The Morgan fingerprint density at radius 3 is 2.48 bits per heavy atom. The molecule has 2 N–H and O–H groups in total. The fourth-order valence-corrected chi connectivity index (χ4v) is 4.21. The van der Waals surface area contributed by atoms with Crippen LogP contribution in [0.2, 0.25) is 0 Å². The summed E-state index contributed by atoms with van der Waals surface area (Å²) in [5, 5.41) is 0. The third-order valence-electron chi connectivity index (χ3n) is 5.34. The van der Waals surface area contributed by atoms with Crippen molar-refractivity contribution in [3.05, 3.63) is 0 Å². The van der Waals surface area contributed by atoms with Gasteiger partial charge in [0.05, 0.1) is 4.99 Å². The van der Waals surface area contributed by atoms with Crippen molar-refractivity contribution in [2.75, 3.05) is 39.4 Å². The predicted molar refractivity (Wildman–Crippen MR) is 85.1 cm³/mol. The number of thiocarbonyl (C=S) groups is 1. The zero-order valence-electron chi connectivity index (χ0n) is 12.6. The minimum atomic E-state index is -0.659. The highest BCUT2D eigenvalue weighted by molar-refractivity contribution is 7.80. The number of carbonyl (C=O) groups excluding carboxylic acids is 1. The zero-order valence-corrected chi connectivity index (χ0v) is 13.4. The lowest BCUT2D eigenvalue weighted by atomic mass is 9.78. The summed E-state index contributed by atoms with van der Waals surface area (Å²) in [6.07, 6.45) is 4.92. The highest BCUT2D eigenvalue weighted by Crippen LogP contribution is 2.35. The average molecular weight is 311 g/mol. The monoisotopic (exact) mass is 311 g/mol. The largest absolute Gasteiger partial charge is 0.392 e. The van der Waals surface area contributed by atoms with E-state index in [1.807, 2.05) is 4.90 Å². The molecule has 6 heteroatoms. The van der Waals surface area contributed by atoms with E-state index in [1.54, 1.807) is 0 Å².